The van der Waals surface area contributed by atoms with E-state index in [2.05, 4.69) is 5.32 Å². The topological polar surface area (TPSA) is 66.5 Å². The number of nitrogens with zero attached hydrogens (tertiary/aromatic N) is 1. The SMILES string of the molecule is CC(C)CCN(CC(=O)NC1CCCCCC1)S(=O)(=O)c1ccccc1C(F)(F)F. The van der Waals surface area contributed by atoms with Gasteiger partial charge in [-0.25, -0.2) is 8.42 Å². The average molecular weight is 449 g/mol. The molecule has 2 rings (SSSR count). The second-order valence-corrected chi connectivity index (χ2v) is 10.2. The van der Waals surface area contributed by atoms with Crippen LogP contribution in [0.1, 0.15) is 64.4 Å². The summed E-state index contributed by atoms with van der Waals surface area (Å²) in [6.45, 7) is 3.27. The minimum absolute atomic E-state index is 0.0166. The first-order chi connectivity index (χ1) is 14.0. The minimum Gasteiger partial charge on any atom is -0.352 e. The Hall–Kier alpha value is -1.61. The molecule has 0 radical (unpaired) electrons. The number of halogens is 3. The summed E-state index contributed by atoms with van der Waals surface area (Å²) in [7, 11) is -4.50. The minimum atomic E-state index is -4.81. The Morgan fingerprint density at radius 3 is 2.30 bits per heavy atom. The lowest BCUT2D eigenvalue weighted by Gasteiger charge is -2.25. The molecule has 0 unspecified atom stereocenters. The van der Waals surface area contributed by atoms with Gasteiger partial charge in [0.25, 0.3) is 0 Å². The number of alkyl halides is 3. The standard InChI is InChI=1S/C21H31F3N2O3S/c1-16(2)13-14-26(15-20(27)25-17-9-5-3-4-6-10-17)30(28,29)19-12-8-7-11-18(19)21(22,23)24/h7-8,11-12,16-17H,3-6,9-10,13-15H2,1-2H3,(H,25,27). The molecule has 1 aliphatic rings. The van der Waals surface area contributed by atoms with E-state index in [1.165, 1.54) is 6.07 Å². The predicted octanol–water partition coefficient (Wildman–Crippen LogP) is 4.58. The number of carbonyl (C=O) groups excluding carboxylic acids is 1. The number of hydrogen-bond acceptors (Lipinski definition) is 3. The second-order valence-electron chi connectivity index (χ2n) is 8.27. The molecule has 1 aliphatic carbocycles. The smallest absolute Gasteiger partial charge is 0.352 e. The lowest BCUT2D eigenvalue weighted by Crippen LogP contribution is -2.44. The van der Waals surface area contributed by atoms with Crippen LogP contribution < -0.4 is 5.32 Å². The maximum atomic E-state index is 13.4. The van der Waals surface area contributed by atoms with Gasteiger partial charge in [-0.2, -0.15) is 17.5 Å². The first kappa shape index (κ1) is 24.7. The van der Waals surface area contributed by atoms with Gasteiger partial charge in [0.15, 0.2) is 0 Å². The van der Waals surface area contributed by atoms with Crippen molar-refractivity contribution in [3.05, 3.63) is 29.8 Å². The molecule has 30 heavy (non-hydrogen) atoms. The summed E-state index contributed by atoms with van der Waals surface area (Å²) in [6, 6.07) is 4.09. The monoisotopic (exact) mass is 448 g/mol. The molecule has 5 nitrogen and oxygen atoms in total. The summed E-state index contributed by atoms with van der Waals surface area (Å²) in [5.41, 5.74) is -1.22. The Labute approximate surface area is 177 Å². The highest BCUT2D eigenvalue weighted by Crippen LogP contribution is 2.35. The van der Waals surface area contributed by atoms with E-state index in [0.717, 1.165) is 61.0 Å². The number of hydrogen-bond donors (Lipinski definition) is 1. The fraction of sp³-hybridized carbons (Fsp3) is 0.667. The van der Waals surface area contributed by atoms with E-state index < -0.39 is 39.1 Å². The van der Waals surface area contributed by atoms with Crippen LogP contribution in [0.3, 0.4) is 0 Å². The first-order valence-corrected chi connectivity index (χ1v) is 11.9. The van der Waals surface area contributed by atoms with Crippen LogP contribution in [0.25, 0.3) is 0 Å². The largest absolute Gasteiger partial charge is 0.417 e. The van der Waals surface area contributed by atoms with Gasteiger partial charge in [0.1, 0.15) is 0 Å². The Balaban J connectivity index is 2.26. The molecule has 1 amide bonds. The number of nitrogens with one attached hydrogen (secondary N) is 1. The first-order valence-electron chi connectivity index (χ1n) is 10.5. The summed E-state index contributed by atoms with van der Waals surface area (Å²) in [5, 5.41) is 2.88. The van der Waals surface area contributed by atoms with Crippen LogP contribution in [0.5, 0.6) is 0 Å². The molecule has 0 aromatic heterocycles. The maximum absolute atomic E-state index is 13.4. The Morgan fingerprint density at radius 2 is 1.73 bits per heavy atom. The van der Waals surface area contributed by atoms with Crippen LogP contribution in [-0.2, 0) is 21.0 Å². The zero-order chi connectivity index (χ0) is 22.4. The third-order valence-electron chi connectivity index (χ3n) is 5.31. The van der Waals surface area contributed by atoms with E-state index in [9.17, 15) is 26.4 Å². The van der Waals surface area contributed by atoms with Gasteiger partial charge in [-0.05, 0) is 37.3 Å². The van der Waals surface area contributed by atoms with Gasteiger partial charge in [-0.15, -0.1) is 0 Å². The van der Waals surface area contributed by atoms with Crippen molar-refractivity contribution in [3.8, 4) is 0 Å². The summed E-state index contributed by atoms with van der Waals surface area (Å²) < 4.78 is 67.4. The summed E-state index contributed by atoms with van der Waals surface area (Å²) in [6.07, 6.45) is 1.51. The van der Waals surface area contributed by atoms with Crippen molar-refractivity contribution < 1.29 is 26.4 Å². The molecule has 0 spiro atoms. The Kier molecular flexibility index (Phi) is 8.73. The van der Waals surface area contributed by atoms with Gasteiger partial charge >= 0.3 is 6.18 Å². The summed E-state index contributed by atoms with van der Waals surface area (Å²) in [4.78, 5) is 11.8. The fourth-order valence-corrected chi connectivity index (χ4v) is 5.23. The molecule has 0 saturated heterocycles. The van der Waals surface area contributed by atoms with Gasteiger partial charge in [0.05, 0.1) is 17.0 Å². The van der Waals surface area contributed by atoms with E-state index in [1.807, 2.05) is 13.8 Å². The van der Waals surface area contributed by atoms with Crippen molar-refractivity contribution >= 4 is 15.9 Å². The van der Waals surface area contributed by atoms with Gasteiger partial charge in [-0.1, -0.05) is 51.7 Å². The quantitative estimate of drug-likeness (QED) is 0.592. The van der Waals surface area contributed by atoms with Crippen molar-refractivity contribution in [2.45, 2.75) is 75.9 Å². The zero-order valence-electron chi connectivity index (χ0n) is 17.5. The van der Waals surface area contributed by atoms with Crippen LogP contribution in [0.15, 0.2) is 29.2 Å². The number of benzene rings is 1. The molecule has 1 aromatic rings. The van der Waals surface area contributed by atoms with Gasteiger partial charge in [0, 0.05) is 12.6 Å². The molecule has 9 heteroatoms. The van der Waals surface area contributed by atoms with E-state index in [4.69, 9.17) is 0 Å². The molecule has 0 bridgehead atoms. The summed E-state index contributed by atoms with van der Waals surface area (Å²) >= 11 is 0. The number of amides is 1. The van der Waals surface area contributed by atoms with E-state index in [-0.39, 0.29) is 18.5 Å². The highest BCUT2D eigenvalue weighted by Gasteiger charge is 2.39. The number of sulfonamides is 1. The maximum Gasteiger partial charge on any atom is 0.417 e. The summed E-state index contributed by atoms with van der Waals surface area (Å²) in [5.74, 6) is -0.343. The molecule has 1 saturated carbocycles. The second kappa shape index (κ2) is 10.6. The van der Waals surface area contributed by atoms with Crippen molar-refractivity contribution in [3.63, 3.8) is 0 Å². The molecule has 170 valence electrons. The average Bonchev–Trinajstić information content (AvgIpc) is 2.92. The third kappa shape index (κ3) is 6.97. The van der Waals surface area contributed by atoms with Crippen molar-refractivity contribution in [1.29, 1.82) is 0 Å². The molecular formula is C21H31F3N2O3S. The van der Waals surface area contributed by atoms with E-state index >= 15 is 0 Å². The Morgan fingerprint density at radius 1 is 1.13 bits per heavy atom. The van der Waals surface area contributed by atoms with Crippen molar-refractivity contribution in [2.75, 3.05) is 13.1 Å². The normalized spacial score (nSPS) is 16.6. The number of carbonyl (C=O) groups is 1. The molecule has 1 aromatic carbocycles. The lowest BCUT2D eigenvalue weighted by molar-refractivity contribution is -0.139. The molecular weight excluding hydrogens is 417 g/mol. The van der Waals surface area contributed by atoms with E-state index in [1.54, 1.807) is 0 Å². The highest BCUT2D eigenvalue weighted by atomic mass is 32.2. The molecule has 0 atom stereocenters. The molecule has 0 heterocycles. The van der Waals surface area contributed by atoms with Crippen LogP contribution >= 0.6 is 0 Å². The highest BCUT2D eigenvalue weighted by molar-refractivity contribution is 7.89. The van der Waals surface area contributed by atoms with Crippen LogP contribution in [-0.4, -0.2) is 37.8 Å². The van der Waals surface area contributed by atoms with Gasteiger partial charge < -0.3 is 5.32 Å². The van der Waals surface area contributed by atoms with E-state index in [0.29, 0.717) is 6.42 Å². The molecule has 1 N–H and O–H groups in total. The zero-order valence-corrected chi connectivity index (χ0v) is 18.4. The predicted molar refractivity (Wildman–Crippen MR) is 109 cm³/mol. The lowest BCUT2D eigenvalue weighted by atomic mass is 10.1. The Bertz CT molecular complexity index is 802. The fourth-order valence-electron chi connectivity index (χ4n) is 3.61. The van der Waals surface area contributed by atoms with Crippen molar-refractivity contribution in [2.24, 2.45) is 5.92 Å². The van der Waals surface area contributed by atoms with Crippen LogP contribution in [0.4, 0.5) is 13.2 Å². The van der Waals surface area contributed by atoms with Crippen molar-refractivity contribution in [1.82, 2.24) is 9.62 Å². The molecule has 1 fully saturated rings. The van der Waals surface area contributed by atoms with Crippen LogP contribution in [0, 0.1) is 5.92 Å². The third-order valence-corrected chi connectivity index (χ3v) is 7.21. The molecule has 0 aliphatic heterocycles. The van der Waals surface area contributed by atoms with Crippen LogP contribution in [0.2, 0.25) is 0 Å². The van der Waals surface area contributed by atoms with Gasteiger partial charge in [0.2, 0.25) is 15.9 Å². The van der Waals surface area contributed by atoms with Gasteiger partial charge in [-0.3, -0.25) is 4.79 Å². The number of rotatable bonds is 8.